The summed E-state index contributed by atoms with van der Waals surface area (Å²) in [5.41, 5.74) is 3.05. The normalized spacial score (nSPS) is 22.4. The summed E-state index contributed by atoms with van der Waals surface area (Å²) in [5, 5.41) is 15.8. The number of fused-ring (bicyclic) bond motifs is 1. The van der Waals surface area contributed by atoms with Crippen LogP contribution in [-0.4, -0.2) is 67.9 Å². The van der Waals surface area contributed by atoms with Gasteiger partial charge in [0.05, 0.1) is 23.9 Å². The minimum atomic E-state index is -0.748. The van der Waals surface area contributed by atoms with E-state index in [0.29, 0.717) is 28.1 Å². The number of hydrogen-bond donors (Lipinski definition) is 1. The Morgan fingerprint density at radius 1 is 1.21 bits per heavy atom. The highest BCUT2D eigenvalue weighted by Crippen LogP contribution is 2.32. The molecule has 0 spiro atoms. The number of piperidine rings is 1. The summed E-state index contributed by atoms with van der Waals surface area (Å²) in [6, 6.07) is 5.33. The predicted molar refractivity (Wildman–Crippen MR) is 133 cm³/mol. The number of aliphatic carboxylic acids is 1. The molecule has 3 atom stereocenters. The van der Waals surface area contributed by atoms with Crippen molar-refractivity contribution in [1.29, 1.82) is 0 Å². The van der Waals surface area contributed by atoms with E-state index in [1.165, 1.54) is 0 Å². The van der Waals surface area contributed by atoms with E-state index in [4.69, 9.17) is 33.3 Å². The smallest absolute Gasteiger partial charge is 0.309 e. The van der Waals surface area contributed by atoms with Gasteiger partial charge in [-0.05, 0) is 63.9 Å². The van der Waals surface area contributed by atoms with Crippen molar-refractivity contribution in [3.8, 4) is 0 Å². The van der Waals surface area contributed by atoms with Crippen molar-refractivity contribution in [3.05, 3.63) is 45.7 Å². The number of halogens is 2. The van der Waals surface area contributed by atoms with E-state index in [0.717, 1.165) is 55.7 Å². The van der Waals surface area contributed by atoms with E-state index >= 15 is 0 Å². The summed E-state index contributed by atoms with van der Waals surface area (Å²) in [6.07, 6.45) is 4.82. The van der Waals surface area contributed by atoms with Crippen molar-refractivity contribution in [3.63, 3.8) is 0 Å². The van der Waals surface area contributed by atoms with Crippen molar-refractivity contribution in [2.75, 3.05) is 31.1 Å². The van der Waals surface area contributed by atoms with Gasteiger partial charge in [0.1, 0.15) is 11.3 Å². The first-order valence-corrected chi connectivity index (χ1v) is 12.5. The van der Waals surface area contributed by atoms with E-state index in [1.54, 1.807) is 12.3 Å². The second-order valence-corrected chi connectivity index (χ2v) is 10.1. The van der Waals surface area contributed by atoms with E-state index < -0.39 is 11.9 Å². The van der Waals surface area contributed by atoms with Crippen LogP contribution in [0.1, 0.15) is 43.5 Å². The van der Waals surface area contributed by atoms with Gasteiger partial charge in [0.2, 0.25) is 0 Å². The van der Waals surface area contributed by atoms with Crippen molar-refractivity contribution in [1.82, 2.24) is 24.6 Å². The molecule has 2 saturated heterocycles. The van der Waals surface area contributed by atoms with E-state index in [9.17, 15) is 9.90 Å². The maximum absolute atomic E-state index is 12.1. The Kier molecular flexibility index (Phi) is 6.39. The highest BCUT2D eigenvalue weighted by atomic mass is 35.5. The zero-order valence-corrected chi connectivity index (χ0v) is 20.8. The molecule has 180 valence electrons. The van der Waals surface area contributed by atoms with Gasteiger partial charge < -0.3 is 10.0 Å². The molecule has 0 bridgehead atoms. The summed E-state index contributed by atoms with van der Waals surface area (Å²) >= 11 is 12.5. The van der Waals surface area contributed by atoms with Crippen LogP contribution in [0.5, 0.6) is 0 Å². The van der Waals surface area contributed by atoms with Crippen LogP contribution in [0, 0.1) is 12.8 Å². The summed E-state index contributed by atoms with van der Waals surface area (Å²) in [6.45, 7) is 7.07. The largest absolute Gasteiger partial charge is 0.481 e. The Morgan fingerprint density at radius 3 is 2.68 bits per heavy atom. The molecular formula is C24H28Cl2N6O2. The molecule has 0 aliphatic carbocycles. The van der Waals surface area contributed by atoms with Gasteiger partial charge in [-0.25, -0.2) is 14.6 Å². The zero-order chi connectivity index (χ0) is 24.0. The minimum absolute atomic E-state index is 0.0766. The van der Waals surface area contributed by atoms with Crippen LogP contribution in [0.15, 0.2) is 24.4 Å². The molecule has 34 heavy (non-hydrogen) atoms. The first-order valence-electron chi connectivity index (χ1n) is 11.7. The number of nitrogens with zero attached hydrogens (tertiary/aromatic N) is 6. The average molecular weight is 503 g/mol. The van der Waals surface area contributed by atoms with Gasteiger partial charge >= 0.3 is 5.97 Å². The Balaban J connectivity index is 1.46. The quantitative estimate of drug-likeness (QED) is 0.551. The maximum atomic E-state index is 12.1. The van der Waals surface area contributed by atoms with Crippen LogP contribution in [0.25, 0.3) is 11.2 Å². The van der Waals surface area contributed by atoms with Crippen molar-refractivity contribution in [2.24, 2.45) is 5.92 Å². The summed E-state index contributed by atoms with van der Waals surface area (Å²) in [7, 11) is 0. The molecule has 0 amide bonds. The third-order valence-corrected chi connectivity index (χ3v) is 7.73. The van der Waals surface area contributed by atoms with E-state index in [1.807, 2.05) is 35.6 Å². The molecular weight excluding hydrogens is 475 g/mol. The number of aryl methyl sites for hydroxylation is 1. The first kappa shape index (κ1) is 23.3. The van der Waals surface area contributed by atoms with Crippen LogP contribution < -0.4 is 4.90 Å². The molecule has 3 unspecified atom stereocenters. The Bertz CT molecular complexity index is 1230. The fourth-order valence-electron chi connectivity index (χ4n) is 5.34. The Labute approximate surface area is 208 Å². The van der Waals surface area contributed by atoms with Gasteiger partial charge in [-0.3, -0.25) is 9.69 Å². The van der Waals surface area contributed by atoms with Crippen LogP contribution in [0.2, 0.25) is 10.0 Å². The lowest BCUT2D eigenvalue weighted by Gasteiger charge is -2.41. The average Bonchev–Trinajstić information content (AvgIpc) is 3.46. The van der Waals surface area contributed by atoms with Crippen LogP contribution in [0.4, 0.5) is 5.82 Å². The maximum Gasteiger partial charge on any atom is 0.309 e. The lowest BCUT2D eigenvalue weighted by molar-refractivity contribution is -0.144. The van der Waals surface area contributed by atoms with Gasteiger partial charge in [0.25, 0.3) is 0 Å². The number of benzene rings is 1. The third-order valence-electron chi connectivity index (χ3n) is 7.17. The highest BCUT2D eigenvalue weighted by molar-refractivity contribution is 6.35. The third kappa shape index (κ3) is 4.23. The lowest BCUT2D eigenvalue weighted by atomic mass is 9.91. The molecule has 2 aliphatic rings. The number of anilines is 1. The first-order chi connectivity index (χ1) is 16.3. The number of carboxylic acids is 1. The molecule has 2 aliphatic heterocycles. The topological polar surface area (TPSA) is 87.4 Å². The summed E-state index contributed by atoms with van der Waals surface area (Å²) in [5.74, 6) is -0.528. The Hall–Kier alpha value is -2.42. The molecule has 1 aromatic carbocycles. The number of rotatable bonds is 5. The SMILES string of the molecule is Cc1nn(C(C)c2ccc(Cl)cc2Cl)c2nc(N3CCC(N4CCCC4)C(C(=O)O)C3)cnc12. The van der Waals surface area contributed by atoms with Crippen molar-refractivity contribution in [2.45, 2.75) is 45.2 Å². The standard InChI is InChI=1S/C24H28Cl2N6O2/c1-14-22-23(32(29-14)15(2)17-6-5-16(25)11-19(17)26)28-21(12-27-22)31-10-7-20(18(13-31)24(33)34)30-8-3-4-9-30/h5-6,11-12,15,18,20H,3-4,7-10,13H2,1-2H3,(H,33,34). The van der Waals surface area contributed by atoms with Gasteiger partial charge in [0.15, 0.2) is 5.65 Å². The van der Waals surface area contributed by atoms with Gasteiger partial charge in [0, 0.05) is 29.2 Å². The number of carbonyl (C=O) groups is 1. The number of hydrogen-bond acceptors (Lipinski definition) is 6. The van der Waals surface area contributed by atoms with Gasteiger partial charge in [-0.2, -0.15) is 5.10 Å². The molecule has 5 rings (SSSR count). The van der Waals surface area contributed by atoms with Crippen LogP contribution >= 0.6 is 23.2 Å². The second kappa shape index (κ2) is 9.32. The fourth-order valence-corrected chi connectivity index (χ4v) is 5.90. The molecule has 3 aromatic rings. The second-order valence-electron chi connectivity index (χ2n) is 9.26. The molecule has 0 saturated carbocycles. The molecule has 8 nitrogen and oxygen atoms in total. The zero-order valence-electron chi connectivity index (χ0n) is 19.3. The number of likely N-dealkylation sites (tertiary alicyclic amines) is 1. The monoisotopic (exact) mass is 502 g/mol. The van der Waals surface area contributed by atoms with Crippen LogP contribution in [-0.2, 0) is 4.79 Å². The fraction of sp³-hybridized carbons (Fsp3) is 0.500. The lowest BCUT2D eigenvalue weighted by Crippen LogP contribution is -2.53. The molecule has 10 heteroatoms. The van der Waals surface area contributed by atoms with Gasteiger partial charge in [-0.15, -0.1) is 0 Å². The van der Waals surface area contributed by atoms with Gasteiger partial charge in [-0.1, -0.05) is 29.3 Å². The van der Waals surface area contributed by atoms with Crippen molar-refractivity contribution >= 4 is 46.2 Å². The van der Waals surface area contributed by atoms with E-state index in [-0.39, 0.29) is 12.1 Å². The summed E-state index contributed by atoms with van der Waals surface area (Å²) < 4.78 is 1.84. The number of carboxylic acid groups (broad SMARTS) is 1. The summed E-state index contributed by atoms with van der Waals surface area (Å²) in [4.78, 5) is 26.1. The predicted octanol–water partition coefficient (Wildman–Crippen LogP) is 4.43. The molecule has 2 fully saturated rings. The highest BCUT2D eigenvalue weighted by Gasteiger charge is 2.39. The van der Waals surface area contributed by atoms with Crippen LogP contribution in [0.3, 0.4) is 0 Å². The number of aromatic nitrogens is 4. The van der Waals surface area contributed by atoms with Crippen molar-refractivity contribution < 1.29 is 9.90 Å². The molecule has 2 aromatic heterocycles. The van der Waals surface area contributed by atoms with E-state index in [2.05, 4.69) is 9.88 Å². The Morgan fingerprint density at radius 2 is 1.97 bits per heavy atom. The molecule has 0 radical (unpaired) electrons. The molecule has 4 heterocycles. The molecule has 1 N–H and O–H groups in total. The minimum Gasteiger partial charge on any atom is -0.481 e.